The summed E-state index contributed by atoms with van der Waals surface area (Å²) in [7, 11) is 0. The number of carboxylic acid groups (broad SMARTS) is 1. The standard InChI is InChI=1S/C13H21NO3/c15-12(16)8-9-14(11-6-7-11)13(17)10-4-2-1-3-5-10/h10-11H,1-9H2,(H,15,16). The number of aliphatic carboxylic acids is 1. The summed E-state index contributed by atoms with van der Waals surface area (Å²) in [6.07, 6.45) is 7.71. The topological polar surface area (TPSA) is 57.6 Å². The lowest BCUT2D eigenvalue weighted by molar-refractivity contribution is -0.140. The van der Waals surface area contributed by atoms with Crippen molar-refractivity contribution in [3.05, 3.63) is 0 Å². The third-order valence-electron chi connectivity index (χ3n) is 3.79. The third kappa shape index (κ3) is 3.45. The van der Waals surface area contributed by atoms with Gasteiger partial charge in [0, 0.05) is 18.5 Å². The zero-order valence-electron chi connectivity index (χ0n) is 10.2. The van der Waals surface area contributed by atoms with E-state index in [0.29, 0.717) is 12.6 Å². The van der Waals surface area contributed by atoms with E-state index in [1.165, 1.54) is 6.42 Å². The quantitative estimate of drug-likeness (QED) is 0.798. The minimum Gasteiger partial charge on any atom is -0.481 e. The molecule has 4 heteroatoms. The van der Waals surface area contributed by atoms with E-state index in [2.05, 4.69) is 0 Å². The van der Waals surface area contributed by atoms with Crippen LogP contribution in [0.4, 0.5) is 0 Å². The van der Waals surface area contributed by atoms with Gasteiger partial charge < -0.3 is 10.0 Å². The smallest absolute Gasteiger partial charge is 0.305 e. The Kier molecular flexibility index (Phi) is 4.02. The number of hydrogen-bond donors (Lipinski definition) is 1. The third-order valence-corrected chi connectivity index (χ3v) is 3.79. The van der Waals surface area contributed by atoms with Crippen molar-refractivity contribution in [2.24, 2.45) is 5.92 Å². The van der Waals surface area contributed by atoms with Crippen LogP contribution in [0.2, 0.25) is 0 Å². The summed E-state index contributed by atoms with van der Waals surface area (Å²) < 4.78 is 0. The SMILES string of the molecule is O=C(O)CCN(C(=O)C1CCCCC1)C1CC1. The molecule has 0 radical (unpaired) electrons. The molecule has 0 spiro atoms. The molecule has 4 nitrogen and oxygen atoms in total. The molecule has 0 aromatic rings. The van der Waals surface area contributed by atoms with Gasteiger partial charge in [0.25, 0.3) is 0 Å². The van der Waals surface area contributed by atoms with E-state index >= 15 is 0 Å². The van der Waals surface area contributed by atoms with Crippen molar-refractivity contribution < 1.29 is 14.7 Å². The van der Waals surface area contributed by atoms with Crippen LogP contribution in [0.3, 0.4) is 0 Å². The van der Waals surface area contributed by atoms with Gasteiger partial charge in [0.1, 0.15) is 0 Å². The van der Waals surface area contributed by atoms with Gasteiger partial charge in [-0.05, 0) is 25.7 Å². The summed E-state index contributed by atoms with van der Waals surface area (Å²) in [4.78, 5) is 24.8. The fourth-order valence-corrected chi connectivity index (χ4v) is 2.66. The number of nitrogens with zero attached hydrogens (tertiary/aromatic N) is 1. The average molecular weight is 239 g/mol. The molecule has 2 saturated carbocycles. The summed E-state index contributed by atoms with van der Waals surface area (Å²) in [5.41, 5.74) is 0. The molecule has 2 rings (SSSR count). The summed E-state index contributed by atoms with van der Waals surface area (Å²) in [5, 5.41) is 8.72. The van der Waals surface area contributed by atoms with Gasteiger partial charge in [0.15, 0.2) is 0 Å². The largest absolute Gasteiger partial charge is 0.481 e. The summed E-state index contributed by atoms with van der Waals surface area (Å²) in [6, 6.07) is 0.337. The summed E-state index contributed by atoms with van der Waals surface area (Å²) >= 11 is 0. The second-order valence-corrected chi connectivity index (χ2v) is 5.24. The molecule has 0 aliphatic heterocycles. The summed E-state index contributed by atoms with van der Waals surface area (Å²) in [6.45, 7) is 0.398. The fourth-order valence-electron chi connectivity index (χ4n) is 2.66. The molecule has 0 atom stereocenters. The molecule has 0 bridgehead atoms. The second kappa shape index (κ2) is 5.52. The highest BCUT2D eigenvalue weighted by molar-refractivity contribution is 5.80. The Bertz CT molecular complexity index is 293. The van der Waals surface area contributed by atoms with Crippen LogP contribution in [0.15, 0.2) is 0 Å². The molecule has 0 saturated heterocycles. The van der Waals surface area contributed by atoms with Crippen molar-refractivity contribution in [2.75, 3.05) is 6.54 Å². The maximum atomic E-state index is 12.3. The van der Waals surface area contributed by atoms with E-state index in [0.717, 1.165) is 38.5 Å². The minimum absolute atomic E-state index is 0.0783. The number of hydrogen-bond acceptors (Lipinski definition) is 2. The van der Waals surface area contributed by atoms with E-state index < -0.39 is 5.97 Å². The van der Waals surface area contributed by atoms with Crippen LogP contribution < -0.4 is 0 Å². The second-order valence-electron chi connectivity index (χ2n) is 5.24. The lowest BCUT2D eigenvalue weighted by Gasteiger charge is -2.29. The number of amides is 1. The monoisotopic (exact) mass is 239 g/mol. The number of carboxylic acids is 1. The highest BCUT2D eigenvalue weighted by Gasteiger charge is 2.35. The molecule has 96 valence electrons. The predicted octanol–water partition coefficient (Wildman–Crippen LogP) is 2.03. The minimum atomic E-state index is -0.813. The van der Waals surface area contributed by atoms with Crippen LogP contribution in [0, 0.1) is 5.92 Å². The Balaban J connectivity index is 1.89. The van der Waals surface area contributed by atoms with Gasteiger partial charge in [-0.15, -0.1) is 0 Å². The number of rotatable bonds is 5. The maximum absolute atomic E-state index is 12.3. The molecule has 0 aromatic heterocycles. The van der Waals surface area contributed by atoms with Crippen LogP contribution in [-0.2, 0) is 9.59 Å². The Labute approximate surface area is 102 Å². The lowest BCUT2D eigenvalue weighted by atomic mass is 9.88. The van der Waals surface area contributed by atoms with Crippen LogP contribution in [-0.4, -0.2) is 34.5 Å². The van der Waals surface area contributed by atoms with Crippen molar-refractivity contribution in [3.63, 3.8) is 0 Å². The van der Waals surface area contributed by atoms with Gasteiger partial charge in [-0.2, -0.15) is 0 Å². The van der Waals surface area contributed by atoms with Gasteiger partial charge in [0.05, 0.1) is 6.42 Å². The normalized spacial score (nSPS) is 21.2. The molecule has 0 unspecified atom stereocenters. The number of carbonyl (C=O) groups is 2. The van der Waals surface area contributed by atoms with Crippen LogP contribution in [0.25, 0.3) is 0 Å². The van der Waals surface area contributed by atoms with Crippen molar-refractivity contribution in [3.8, 4) is 0 Å². The Morgan fingerprint density at radius 3 is 2.24 bits per heavy atom. The van der Waals surface area contributed by atoms with Crippen LogP contribution >= 0.6 is 0 Å². The van der Waals surface area contributed by atoms with Gasteiger partial charge in [-0.25, -0.2) is 0 Å². The van der Waals surface area contributed by atoms with E-state index in [9.17, 15) is 9.59 Å². The van der Waals surface area contributed by atoms with Crippen molar-refractivity contribution in [1.82, 2.24) is 4.90 Å². The molecule has 0 aromatic carbocycles. The van der Waals surface area contributed by atoms with Gasteiger partial charge in [-0.1, -0.05) is 19.3 Å². The van der Waals surface area contributed by atoms with Crippen molar-refractivity contribution in [1.29, 1.82) is 0 Å². The highest BCUT2D eigenvalue weighted by Crippen LogP contribution is 2.32. The molecule has 0 heterocycles. The van der Waals surface area contributed by atoms with Gasteiger partial charge in [-0.3, -0.25) is 9.59 Å². The molecule has 17 heavy (non-hydrogen) atoms. The Hall–Kier alpha value is -1.06. The Morgan fingerprint density at radius 1 is 1.06 bits per heavy atom. The van der Waals surface area contributed by atoms with E-state index in [4.69, 9.17) is 5.11 Å². The number of carbonyl (C=O) groups excluding carboxylic acids is 1. The van der Waals surface area contributed by atoms with Crippen LogP contribution in [0.5, 0.6) is 0 Å². The fraction of sp³-hybridized carbons (Fsp3) is 0.846. The molecular weight excluding hydrogens is 218 g/mol. The zero-order chi connectivity index (χ0) is 12.3. The first-order chi connectivity index (χ1) is 8.18. The maximum Gasteiger partial charge on any atom is 0.305 e. The molecule has 2 aliphatic rings. The molecular formula is C13H21NO3. The van der Waals surface area contributed by atoms with E-state index in [1.54, 1.807) is 0 Å². The summed E-state index contributed by atoms with van der Waals surface area (Å²) in [5.74, 6) is -0.432. The predicted molar refractivity (Wildman–Crippen MR) is 63.6 cm³/mol. The Morgan fingerprint density at radius 2 is 1.71 bits per heavy atom. The molecule has 1 amide bonds. The molecule has 2 fully saturated rings. The first-order valence-corrected chi connectivity index (χ1v) is 6.71. The van der Waals surface area contributed by atoms with Gasteiger partial charge >= 0.3 is 5.97 Å². The van der Waals surface area contributed by atoms with Gasteiger partial charge in [0.2, 0.25) is 5.91 Å². The highest BCUT2D eigenvalue weighted by atomic mass is 16.4. The molecule has 1 N–H and O–H groups in total. The van der Waals surface area contributed by atoms with E-state index in [1.807, 2.05) is 4.90 Å². The first kappa shape index (κ1) is 12.4. The van der Waals surface area contributed by atoms with Crippen molar-refractivity contribution in [2.45, 2.75) is 57.4 Å². The van der Waals surface area contributed by atoms with Crippen molar-refractivity contribution >= 4 is 11.9 Å². The molecule has 2 aliphatic carbocycles. The lowest BCUT2D eigenvalue weighted by Crippen LogP contribution is -2.39. The van der Waals surface area contributed by atoms with Crippen LogP contribution in [0.1, 0.15) is 51.4 Å². The zero-order valence-corrected chi connectivity index (χ0v) is 10.2. The average Bonchev–Trinajstić information content (AvgIpc) is 3.14. The van der Waals surface area contributed by atoms with E-state index in [-0.39, 0.29) is 18.2 Å². The first-order valence-electron chi connectivity index (χ1n) is 6.71.